The van der Waals surface area contributed by atoms with E-state index in [1.165, 1.54) is 25.7 Å². The summed E-state index contributed by atoms with van der Waals surface area (Å²) in [4.78, 5) is 0. The normalized spacial score (nSPS) is 23.1. The van der Waals surface area contributed by atoms with Crippen molar-refractivity contribution in [3.05, 3.63) is 16.0 Å². The van der Waals surface area contributed by atoms with E-state index in [2.05, 4.69) is 39.1 Å². The number of nitriles is 1. The summed E-state index contributed by atoms with van der Waals surface area (Å²) in [6, 6.07) is 3.09. The molecule has 0 saturated heterocycles. The molecule has 1 aromatic heterocycles. The van der Waals surface area contributed by atoms with E-state index in [-0.39, 0.29) is 0 Å². The third kappa shape index (κ3) is 2.47. The van der Waals surface area contributed by atoms with Gasteiger partial charge < -0.3 is 0 Å². The van der Waals surface area contributed by atoms with Crippen molar-refractivity contribution in [3.63, 3.8) is 0 Å². The summed E-state index contributed by atoms with van der Waals surface area (Å²) in [7, 11) is 0. The second kappa shape index (κ2) is 4.25. The van der Waals surface area contributed by atoms with Crippen LogP contribution < -0.4 is 5.32 Å². The molecule has 2 aliphatic carbocycles. The molecule has 2 saturated carbocycles. The number of halogens is 1. The molecule has 90 valence electrons. The lowest BCUT2D eigenvalue weighted by molar-refractivity contribution is 0.302. The molecule has 0 aromatic carbocycles. The SMILES string of the molecule is N#CC(Cn1cc(I)cn1)(NC1CC1)C1CC1. The summed E-state index contributed by atoms with van der Waals surface area (Å²) in [5.74, 6) is 0.509. The zero-order chi connectivity index (χ0) is 11.9. The van der Waals surface area contributed by atoms with Crippen LogP contribution >= 0.6 is 22.6 Å². The van der Waals surface area contributed by atoms with Crippen LogP contribution in [0.1, 0.15) is 25.7 Å². The molecule has 0 amide bonds. The molecule has 5 heteroatoms. The minimum Gasteiger partial charge on any atom is -0.295 e. The van der Waals surface area contributed by atoms with Crippen LogP contribution in [-0.4, -0.2) is 21.4 Å². The Bertz CT molecular complexity index is 455. The molecule has 4 nitrogen and oxygen atoms in total. The Kier molecular flexibility index (Phi) is 2.87. The van der Waals surface area contributed by atoms with Crippen molar-refractivity contribution < 1.29 is 0 Å². The number of hydrogen-bond acceptors (Lipinski definition) is 3. The first-order valence-electron chi connectivity index (χ1n) is 6.09. The number of rotatable bonds is 5. The van der Waals surface area contributed by atoms with Gasteiger partial charge in [-0.25, -0.2) is 0 Å². The average Bonchev–Trinajstić information content (AvgIpc) is 3.19. The predicted molar refractivity (Wildman–Crippen MR) is 72.2 cm³/mol. The Morgan fingerprint density at radius 3 is 2.76 bits per heavy atom. The summed E-state index contributed by atoms with van der Waals surface area (Å²) >= 11 is 2.25. The van der Waals surface area contributed by atoms with Gasteiger partial charge in [-0.1, -0.05) is 0 Å². The third-order valence-corrected chi connectivity index (χ3v) is 4.08. The fourth-order valence-electron chi connectivity index (χ4n) is 2.30. The van der Waals surface area contributed by atoms with Gasteiger partial charge in [-0.05, 0) is 54.2 Å². The molecular formula is C12H15IN4. The van der Waals surface area contributed by atoms with Crippen LogP contribution in [-0.2, 0) is 6.54 Å². The summed E-state index contributed by atoms with van der Waals surface area (Å²) in [6.45, 7) is 0.674. The molecule has 0 spiro atoms. The average molecular weight is 342 g/mol. The lowest BCUT2D eigenvalue weighted by atomic mass is 9.94. The van der Waals surface area contributed by atoms with Gasteiger partial charge in [0.1, 0.15) is 5.54 Å². The van der Waals surface area contributed by atoms with Crippen LogP contribution in [0.5, 0.6) is 0 Å². The lowest BCUT2D eigenvalue weighted by Crippen LogP contribution is -2.50. The minimum atomic E-state index is -0.393. The highest BCUT2D eigenvalue weighted by atomic mass is 127. The molecule has 1 atom stereocenters. The van der Waals surface area contributed by atoms with Gasteiger partial charge in [0.15, 0.2) is 0 Å². The molecule has 1 aromatic rings. The van der Waals surface area contributed by atoms with Crippen LogP contribution in [0.2, 0.25) is 0 Å². The van der Waals surface area contributed by atoms with Crippen LogP contribution in [0.3, 0.4) is 0 Å². The summed E-state index contributed by atoms with van der Waals surface area (Å²) < 4.78 is 3.02. The van der Waals surface area contributed by atoms with Crippen molar-refractivity contribution >= 4 is 22.6 Å². The van der Waals surface area contributed by atoms with Gasteiger partial charge in [-0.2, -0.15) is 10.4 Å². The Hall–Kier alpha value is -0.610. The largest absolute Gasteiger partial charge is 0.295 e. The maximum absolute atomic E-state index is 9.58. The van der Waals surface area contributed by atoms with Gasteiger partial charge in [0, 0.05) is 12.2 Å². The lowest BCUT2D eigenvalue weighted by Gasteiger charge is -2.28. The standard InChI is InChI=1S/C12H15IN4/c13-10-5-15-17(6-10)8-12(7-14,9-1-2-9)16-11-3-4-11/h5-6,9,11,16H,1-4,8H2. The zero-order valence-corrected chi connectivity index (χ0v) is 11.7. The van der Waals surface area contributed by atoms with Crippen molar-refractivity contribution in [1.29, 1.82) is 5.26 Å². The highest BCUT2D eigenvalue weighted by molar-refractivity contribution is 14.1. The van der Waals surface area contributed by atoms with Gasteiger partial charge in [-0.3, -0.25) is 10.00 Å². The number of nitrogens with one attached hydrogen (secondary N) is 1. The van der Waals surface area contributed by atoms with Crippen molar-refractivity contribution in [3.8, 4) is 6.07 Å². The molecule has 17 heavy (non-hydrogen) atoms. The highest BCUT2D eigenvalue weighted by Gasteiger charge is 2.48. The van der Waals surface area contributed by atoms with E-state index in [9.17, 15) is 5.26 Å². The molecule has 0 bridgehead atoms. The fourth-order valence-corrected chi connectivity index (χ4v) is 2.75. The number of aromatic nitrogens is 2. The van der Waals surface area contributed by atoms with E-state index < -0.39 is 5.54 Å². The minimum absolute atomic E-state index is 0.393. The van der Waals surface area contributed by atoms with Gasteiger partial charge in [0.05, 0.1) is 22.4 Å². The van der Waals surface area contributed by atoms with Gasteiger partial charge in [0.2, 0.25) is 0 Å². The molecule has 1 N–H and O–H groups in total. The van der Waals surface area contributed by atoms with Gasteiger partial charge in [0.25, 0.3) is 0 Å². The maximum atomic E-state index is 9.58. The second-order valence-corrected chi connectivity index (χ2v) is 6.38. The third-order valence-electron chi connectivity index (χ3n) is 3.53. The van der Waals surface area contributed by atoms with E-state index in [4.69, 9.17) is 0 Å². The highest BCUT2D eigenvalue weighted by Crippen LogP contribution is 2.42. The monoisotopic (exact) mass is 342 g/mol. The van der Waals surface area contributed by atoms with E-state index in [1.807, 2.05) is 17.1 Å². The van der Waals surface area contributed by atoms with Crippen molar-refractivity contribution in [2.24, 2.45) is 5.92 Å². The van der Waals surface area contributed by atoms with E-state index in [0.29, 0.717) is 18.5 Å². The van der Waals surface area contributed by atoms with Crippen LogP contribution in [0.15, 0.2) is 12.4 Å². The summed E-state index contributed by atoms with van der Waals surface area (Å²) in [5, 5.41) is 17.4. The fraction of sp³-hybridized carbons (Fsp3) is 0.667. The molecule has 2 aliphatic rings. The molecule has 2 fully saturated rings. The zero-order valence-electron chi connectivity index (χ0n) is 9.56. The van der Waals surface area contributed by atoms with Crippen LogP contribution in [0, 0.1) is 20.8 Å². The molecule has 0 radical (unpaired) electrons. The Labute approximate surface area is 115 Å². The Morgan fingerprint density at radius 1 is 1.53 bits per heavy atom. The number of nitrogens with zero attached hydrogens (tertiary/aromatic N) is 3. The van der Waals surface area contributed by atoms with Crippen LogP contribution in [0.25, 0.3) is 0 Å². The van der Waals surface area contributed by atoms with Crippen molar-refractivity contribution in [2.45, 2.75) is 43.8 Å². The van der Waals surface area contributed by atoms with E-state index in [1.54, 1.807) is 0 Å². The molecule has 1 heterocycles. The molecule has 0 aliphatic heterocycles. The summed E-state index contributed by atoms with van der Waals surface area (Å²) in [6.07, 6.45) is 8.62. The van der Waals surface area contributed by atoms with Crippen LogP contribution in [0.4, 0.5) is 0 Å². The Balaban J connectivity index is 1.79. The van der Waals surface area contributed by atoms with E-state index in [0.717, 1.165) is 3.57 Å². The quantitative estimate of drug-likeness (QED) is 0.832. The van der Waals surface area contributed by atoms with Gasteiger partial charge >= 0.3 is 0 Å². The maximum Gasteiger partial charge on any atom is 0.129 e. The smallest absolute Gasteiger partial charge is 0.129 e. The predicted octanol–water partition coefficient (Wildman–Crippen LogP) is 1.91. The summed E-state index contributed by atoms with van der Waals surface area (Å²) in [5.41, 5.74) is -0.393. The first-order chi connectivity index (χ1) is 8.22. The molecular weight excluding hydrogens is 327 g/mol. The Morgan fingerprint density at radius 2 is 2.29 bits per heavy atom. The topological polar surface area (TPSA) is 53.6 Å². The van der Waals surface area contributed by atoms with Crippen molar-refractivity contribution in [2.75, 3.05) is 0 Å². The van der Waals surface area contributed by atoms with Gasteiger partial charge in [-0.15, -0.1) is 0 Å². The van der Waals surface area contributed by atoms with E-state index >= 15 is 0 Å². The second-order valence-electron chi connectivity index (χ2n) is 5.13. The first kappa shape index (κ1) is 11.5. The number of hydrogen-bond donors (Lipinski definition) is 1. The molecule has 3 rings (SSSR count). The van der Waals surface area contributed by atoms with Crippen molar-refractivity contribution in [1.82, 2.24) is 15.1 Å². The first-order valence-corrected chi connectivity index (χ1v) is 7.17. The molecule has 1 unspecified atom stereocenters.